The van der Waals surface area contributed by atoms with Crippen molar-refractivity contribution in [3.8, 4) is 28.4 Å². The highest BCUT2D eigenvalue weighted by atomic mass is 16.5. The van der Waals surface area contributed by atoms with Crippen molar-refractivity contribution in [2.24, 2.45) is 0 Å². The first-order valence-corrected chi connectivity index (χ1v) is 12.4. The number of para-hydroxylation sites is 1. The molecule has 0 saturated carbocycles. The van der Waals surface area contributed by atoms with Crippen LogP contribution < -0.4 is 14.2 Å². The minimum atomic E-state index is 0.331. The van der Waals surface area contributed by atoms with E-state index in [1.165, 1.54) is 40.3 Å². The Morgan fingerprint density at radius 2 is 1.54 bits per heavy atom. The predicted octanol–water partition coefficient (Wildman–Crippen LogP) is 7.13. The molecular formula is C31H33NO3. The third-order valence-electron chi connectivity index (χ3n) is 7.01. The van der Waals surface area contributed by atoms with Gasteiger partial charge in [-0.3, -0.25) is 4.90 Å². The summed E-state index contributed by atoms with van der Waals surface area (Å²) in [6, 6.07) is 29.8. The molecule has 1 saturated heterocycles. The third-order valence-corrected chi connectivity index (χ3v) is 7.01. The second kappa shape index (κ2) is 10.8. The van der Waals surface area contributed by atoms with Crippen LogP contribution in [0.1, 0.15) is 30.9 Å². The number of hydrogen-bond donors (Lipinski definition) is 0. The van der Waals surface area contributed by atoms with Crippen LogP contribution in [-0.2, 0) is 0 Å². The van der Waals surface area contributed by atoms with E-state index in [0.717, 1.165) is 36.8 Å². The Balaban J connectivity index is 1.52. The molecule has 1 aliphatic rings. The van der Waals surface area contributed by atoms with Gasteiger partial charge in [0.2, 0.25) is 0 Å². The van der Waals surface area contributed by atoms with Crippen molar-refractivity contribution in [2.45, 2.75) is 25.3 Å². The van der Waals surface area contributed by atoms with Crippen molar-refractivity contribution in [1.29, 1.82) is 0 Å². The summed E-state index contributed by atoms with van der Waals surface area (Å²) in [5.74, 6) is 2.69. The normalized spacial score (nSPS) is 16.2. The quantitative estimate of drug-likeness (QED) is 0.276. The molecule has 0 radical (unpaired) electrons. The van der Waals surface area contributed by atoms with Crippen LogP contribution in [0.25, 0.3) is 21.9 Å². The molecule has 0 aromatic heterocycles. The summed E-state index contributed by atoms with van der Waals surface area (Å²) in [5, 5.41) is 2.50. The molecule has 4 aromatic rings. The van der Waals surface area contributed by atoms with E-state index >= 15 is 0 Å². The predicted molar refractivity (Wildman–Crippen MR) is 143 cm³/mol. The van der Waals surface area contributed by atoms with Crippen LogP contribution in [-0.4, -0.2) is 38.8 Å². The average molecular weight is 468 g/mol. The van der Waals surface area contributed by atoms with E-state index in [-0.39, 0.29) is 0 Å². The fraction of sp³-hybridized carbons (Fsp3) is 0.290. The highest BCUT2D eigenvalue weighted by molar-refractivity contribution is 5.93. The van der Waals surface area contributed by atoms with E-state index in [1.807, 2.05) is 42.5 Å². The molecule has 0 aliphatic carbocycles. The lowest BCUT2D eigenvalue weighted by molar-refractivity contribution is 0.124. The Bertz CT molecular complexity index is 1250. The Kier molecular flexibility index (Phi) is 7.20. The van der Waals surface area contributed by atoms with Crippen molar-refractivity contribution in [3.63, 3.8) is 0 Å². The average Bonchev–Trinajstić information content (AvgIpc) is 2.93. The number of ether oxygens (including phenoxy) is 3. The first kappa shape index (κ1) is 23.3. The molecule has 1 atom stereocenters. The van der Waals surface area contributed by atoms with Gasteiger partial charge in [0, 0.05) is 12.6 Å². The molecule has 0 N–H and O–H groups in total. The van der Waals surface area contributed by atoms with Gasteiger partial charge in [-0.1, -0.05) is 55.0 Å². The fourth-order valence-electron chi connectivity index (χ4n) is 5.22. The van der Waals surface area contributed by atoms with E-state index in [4.69, 9.17) is 14.2 Å². The van der Waals surface area contributed by atoms with E-state index < -0.39 is 0 Å². The van der Waals surface area contributed by atoms with Crippen LogP contribution in [0.15, 0.2) is 84.9 Å². The summed E-state index contributed by atoms with van der Waals surface area (Å²) in [6.07, 6.45) is 3.59. The minimum absolute atomic E-state index is 0.331. The third kappa shape index (κ3) is 5.13. The van der Waals surface area contributed by atoms with Crippen molar-refractivity contribution in [2.75, 3.05) is 33.9 Å². The molecule has 1 heterocycles. The molecule has 1 unspecified atom stereocenters. The topological polar surface area (TPSA) is 30.9 Å². The highest BCUT2D eigenvalue weighted by Crippen LogP contribution is 2.42. The van der Waals surface area contributed by atoms with Crippen LogP contribution in [0.2, 0.25) is 0 Å². The van der Waals surface area contributed by atoms with Gasteiger partial charge in [-0.25, -0.2) is 0 Å². The Morgan fingerprint density at radius 1 is 0.771 bits per heavy atom. The zero-order valence-electron chi connectivity index (χ0n) is 20.6. The SMILES string of the molecule is COc1ccc(-c2ccc3cc(OC)ccc3c2C2CCCCN2CCOc2ccccc2)cc1. The van der Waals surface area contributed by atoms with Gasteiger partial charge in [-0.05, 0) is 83.2 Å². The van der Waals surface area contributed by atoms with E-state index in [1.54, 1.807) is 14.2 Å². The summed E-state index contributed by atoms with van der Waals surface area (Å²) >= 11 is 0. The number of fused-ring (bicyclic) bond motifs is 1. The van der Waals surface area contributed by atoms with Gasteiger partial charge >= 0.3 is 0 Å². The maximum absolute atomic E-state index is 6.08. The zero-order valence-corrected chi connectivity index (χ0v) is 20.6. The van der Waals surface area contributed by atoms with Crippen LogP contribution in [0.3, 0.4) is 0 Å². The number of benzene rings is 4. The van der Waals surface area contributed by atoms with Crippen molar-refractivity contribution >= 4 is 10.8 Å². The fourth-order valence-corrected chi connectivity index (χ4v) is 5.22. The van der Waals surface area contributed by atoms with Gasteiger partial charge in [-0.15, -0.1) is 0 Å². The lowest BCUT2D eigenvalue weighted by atomic mass is 9.85. The first-order valence-electron chi connectivity index (χ1n) is 12.4. The maximum atomic E-state index is 6.08. The molecule has 4 aromatic carbocycles. The number of methoxy groups -OCH3 is 2. The van der Waals surface area contributed by atoms with Crippen LogP contribution in [0, 0.1) is 0 Å². The van der Waals surface area contributed by atoms with Crippen molar-refractivity contribution in [3.05, 3.63) is 90.5 Å². The van der Waals surface area contributed by atoms with Crippen LogP contribution in [0.5, 0.6) is 17.2 Å². The molecule has 1 fully saturated rings. The van der Waals surface area contributed by atoms with E-state index in [0.29, 0.717) is 12.6 Å². The largest absolute Gasteiger partial charge is 0.497 e. The number of piperidine rings is 1. The van der Waals surface area contributed by atoms with Crippen molar-refractivity contribution in [1.82, 2.24) is 4.90 Å². The molecule has 4 heteroatoms. The van der Waals surface area contributed by atoms with Gasteiger partial charge in [-0.2, -0.15) is 0 Å². The minimum Gasteiger partial charge on any atom is -0.497 e. The maximum Gasteiger partial charge on any atom is 0.119 e. The summed E-state index contributed by atoms with van der Waals surface area (Å²) in [6.45, 7) is 2.66. The molecular weight excluding hydrogens is 434 g/mol. The molecule has 180 valence electrons. The molecule has 35 heavy (non-hydrogen) atoms. The smallest absolute Gasteiger partial charge is 0.119 e. The molecule has 4 nitrogen and oxygen atoms in total. The summed E-state index contributed by atoms with van der Waals surface area (Å²) in [5.41, 5.74) is 3.89. The molecule has 0 spiro atoms. The number of hydrogen-bond acceptors (Lipinski definition) is 4. The first-order chi connectivity index (χ1) is 17.3. The van der Waals surface area contributed by atoms with Gasteiger partial charge in [0.25, 0.3) is 0 Å². The van der Waals surface area contributed by atoms with Gasteiger partial charge in [0.15, 0.2) is 0 Å². The van der Waals surface area contributed by atoms with Gasteiger partial charge in [0.1, 0.15) is 23.9 Å². The van der Waals surface area contributed by atoms with E-state index in [2.05, 4.69) is 47.4 Å². The Labute approximate surface area is 208 Å². The number of nitrogens with zero attached hydrogens (tertiary/aromatic N) is 1. The lowest BCUT2D eigenvalue weighted by Gasteiger charge is -2.37. The lowest BCUT2D eigenvalue weighted by Crippen LogP contribution is -2.36. The van der Waals surface area contributed by atoms with Crippen LogP contribution in [0.4, 0.5) is 0 Å². The summed E-state index contributed by atoms with van der Waals surface area (Å²) in [4.78, 5) is 2.61. The second-order valence-electron chi connectivity index (χ2n) is 9.05. The molecule has 0 bridgehead atoms. The van der Waals surface area contributed by atoms with Crippen LogP contribution >= 0.6 is 0 Å². The zero-order chi connectivity index (χ0) is 24.0. The highest BCUT2D eigenvalue weighted by Gasteiger charge is 2.28. The Hall–Kier alpha value is -3.50. The Morgan fingerprint density at radius 3 is 2.31 bits per heavy atom. The number of rotatable bonds is 8. The molecule has 5 rings (SSSR count). The summed E-state index contributed by atoms with van der Waals surface area (Å²) < 4.78 is 17.0. The monoisotopic (exact) mass is 467 g/mol. The molecule has 0 amide bonds. The van der Waals surface area contributed by atoms with Gasteiger partial charge in [0.05, 0.1) is 14.2 Å². The summed E-state index contributed by atoms with van der Waals surface area (Å²) in [7, 11) is 3.44. The van der Waals surface area contributed by atoms with Crippen molar-refractivity contribution < 1.29 is 14.2 Å². The van der Waals surface area contributed by atoms with Gasteiger partial charge < -0.3 is 14.2 Å². The molecule has 1 aliphatic heterocycles. The second-order valence-corrected chi connectivity index (χ2v) is 9.05. The standard InChI is InChI=1S/C31H33NO3/c1-33-25-14-11-23(12-15-25)28-17-13-24-22-27(34-2)16-18-29(24)31(28)30-10-6-7-19-32(30)20-21-35-26-8-4-3-5-9-26/h3-5,8-9,11-18,22,30H,6-7,10,19-21H2,1-2H3. The van der Waals surface area contributed by atoms with E-state index in [9.17, 15) is 0 Å². The number of likely N-dealkylation sites (tertiary alicyclic amines) is 1.